The van der Waals surface area contributed by atoms with Crippen LogP contribution in [0.2, 0.25) is 0 Å². The van der Waals surface area contributed by atoms with Crippen LogP contribution in [0.1, 0.15) is 16.1 Å². The van der Waals surface area contributed by atoms with Crippen LogP contribution in [-0.4, -0.2) is 11.1 Å². The predicted molar refractivity (Wildman–Crippen MR) is 73.1 cm³/mol. The van der Waals surface area contributed by atoms with Crippen LogP contribution < -0.4 is 5.32 Å². The normalized spacial score (nSPS) is 10.6. The average molecular weight is 252 g/mol. The van der Waals surface area contributed by atoms with Gasteiger partial charge in [0.05, 0.1) is 5.69 Å². The maximum absolute atomic E-state index is 12.1. The quantitative estimate of drug-likeness (QED) is 0.760. The second kappa shape index (κ2) is 4.57. The molecule has 1 N–H and O–H groups in total. The van der Waals surface area contributed by atoms with Crippen molar-refractivity contribution in [3.05, 3.63) is 59.8 Å². The molecule has 1 amide bonds. The number of nitrogens with one attached hydrogen (secondary N) is 1. The van der Waals surface area contributed by atoms with Crippen molar-refractivity contribution >= 4 is 22.6 Å². The van der Waals surface area contributed by atoms with Gasteiger partial charge in [0.2, 0.25) is 5.88 Å². The van der Waals surface area contributed by atoms with Gasteiger partial charge < -0.3 is 4.52 Å². The highest BCUT2D eigenvalue weighted by Gasteiger charge is 2.09. The van der Waals surface area contributed by atoms with Crippen LogP contribution in [0.5, 0.6) is 0 Å². The number of carbonyl (C=O) groups excluding carboxylic acids is 1. The lowest BCUT2D eigenvalue weighted by Gasteiger charge is -2.03. The van der Waals surface area contributed by atoms with E-state index in [4.69, 9.17) is 4.52 Å². The molecule has 0 aliphatic rings. The average Bonchev–Trinajstić information content (AvgIpc) is 2.83. The molecule has 0 saturated carbocycles. The van der Waals surface area contributed by atoms with Gasteiger partial charge in [-0.05, 0) is 29.8 Å². The number of amides is 1. The summed E-state index contributed by atoms with van der Waals surface area (Å²) in [5.74, 6) is 0.151. The van der Waals surface area contributed by atoms with Crippen LogP contribution in [-0.2, 0) is 0 Å². The second-order valence-electron chi connectivity index (χ2n) is 4.35. The number of aryl methyl sites for hydroxylation is 1. The number of hydrogen-bond donors (Lipinski definition) is 1. The van der Waals surface area contributed by atoms with E-state index in [0.717, 1.165) is 16.5 Å². The minimum Gasteiger partial charge on any atom is -0.338 e. The minimum atomic E-state index is -0.207. The zero-order valence-corrected chi connectivity index (χ0v) is 10.4. The van der Waals surface area contributed by atoms with Gasteiger partial charge in [-0.1, -0.05) is 35.5 Å². The molecule has 3 rings (SSSR count). The molecular formula is C15H12N2O2. The smallest absolute Gasteiger partial charge is 0.258 e. The number of rotatable bonds is 2. The lowest BCUT2D eigenvalue weighted by molar-refractivity contribution is 0.102. The number of carbonyl (C=O) groups is 1. The maximum Gasteiger partial charge on any atom is 0.258 e. The molecule has 1 heterocycles. The maximum atomic E-state index is 12.1. The second-order valence-corrected chi connectivity index (χ2v) is 4.35. The highest BCUT2D eigenvalue weighted by molar-refractivity contribution is 6.05. The number of hydrogen-bond acceptors (Lipinski definition) is 3. The molecule has 3 aromatic rings. The minimum absolute atomic E-state index is 0.207. The van der Waals surface area contributed by atoms with Crippen LogP contribution in [0.3, 0.4) is 0 Å². The topological polar surface area (TPSA) is 55.1 Å². The SMILES string of the molecule is Cc1cc(NC(=O)c2ccc3ccccc3c2)on1. The highest BCUT2D eigenvalue weighted by atomic mass is 16.5. The molecule has 19 heavy (non-hydrogen) atoms. The van der Waals surface area contributed by atoms with Gasteiger partial charge in [-0.25, -0.2) is 0 Å². The fraction of sp³-hybridized carbons (Fsp3) is 0.0667. The first-order valence-electron chi connectivity index (χ1n) is 5.96. The Morgan fingerprint density at radius 1 is 1.11 bits per heavy atom. The van der Waals surface area contributed by atoms with Gasteiger partial charge in [0.1, 0.15) is 0 Å². The van der Waals surface area contributed by atoms with Gasteiger partial charge in [-0.15, -0.1) is 0 Å². The molecule has 4 nitrogen and oxygen atoms in total. The number of benzene rings is 2. The molecule has 0 spiro atoms. The molecule has 2 aromatic carbocycles. The third-order valence-corrected chi connectivity index (χ3v) is 2.88. The van der Waals surface area contributed by atoms with E-state index in [9.17, 15) is 4.79 Å². The van der Waals surface area contributed by atoms with E-state index < -0.39 is 0 Å². The molecule has 4 heteroatoms. The summed E-state index contributed by atoms with van der Waals surface area (Å²) in [6.45, 7) is 1.80. The molecule has 0 radical (unpaired) electrons. The van der Waals surface area contributed by atoms with Crippen molar-refractivity contribution < 1.29 is 9.32 Å². The predicted octanol–water partition coefficient (Wildman–Crippen LogP) is 3.39. The first kappa shape index (κ1) is 11.5. The Bertz CT molecular complexity index is 746. The molecule has 0 fully saturated rings. The molecule has 0 atom stereocenters. The van der Waals surface area contributed by atoms with Crippen molar-refractivity contribution in [3.8, 4) is 0 Å². The monoisotopic (exact) mass is 252 g/mol. The van der Waals surface area contributed by atoms with Crippen LogP contribution >= 0.6 is 0 Å². The van der Waals surface area contributed by atoms with Gasteiger partial charge >= 0.3 is 0 Å². The van der Waals surface area contributed by atoms with Crippen molar-refractivity contribution in [2.45, 2.75) is 6.92 Å². The highest BCUT2D eigenvalue weighted by Crippen LogP contribution is 2.17. The third-order valence-electron chi connectivity index (χ3n) is 2.88. The lowest BCUT2D eigenvalue weighted by Crippen LogP contribution is -2.11. The van der Waals surface area contributed by atoms with E-state index >= 15 is 0 Å². The Hall–Kier alpha value is -2.62. The third kappa shape index (κ3) is 2.33. The Kier molecular flexibility index (Phi) is 2.76. The Balaban J connectivity index is 1.89. The molecular weight excluding hydrogens is 240 g/mol. The Morgan fingerprint density at radius 2 is 1.89 bits per heavy atom. The fourth-order valence-corrected chi connectivity index (χ4v) is 1.94. The summed E-state index contributed by atoms with van der Waals surface area (Å²) in [7, 11) is 0. The molecule has 0 unspecified atom stereocenters. The van der Waals surface area contributed by atoms with Gasteiger partial charge in [0.25, 0.3) is 5.91 Å². The van der Waals surface area contributed by atoms with E-state index in [1.807, 2.05) is 36.4 Å². The van der Waals surface area contributed by atoms with E-state index in [0.29, 0.717) is 11.4 Å². The molecule has 94 valence electrons. The van der Waals surface area contributed by atoms with Gasteiger partial charge in [-0.2, -0.15) is 0 Å². The van der Waals surface area contributed by atoms with E-state index in [2.05, 4.69) is 10.5 Å². The van der Waals surface area contributed by atoms with Crippen molar-refractivity contribution in [1.29, 1.82) is 0 Å². The molecule has 1 aromatic heterocycles. The van der Waals surface area contributed by atoms with Gasteiger partial charge in [-0.3, -0.25) is 10.1 Å². The van der Waals surface area contributed by atoms with E-state index in [1.54, 1.807) is 19.1 Å². The van der Waals surface area contributed by atoms with Crippen molar-refractivity contribution in [3.63, 3.8) is 0 Å². The summed E-state index contributed by atoms with van der Waals surface area (Å²) in [4.78, 5) is 12.1. The van der Waals surface area contributed by atoms with Crippen LogP contribution in [0, 0.1) is 6.92 Å². The molecule has 0 bridgehead atoms. The van der Waals surface area contributed by atoms with Crippen molar-refractivity contribution in [2.75, 3.05) is 5.32 Å². The van der Waals surface area contributed by atoms with Gasteiger partial charge in [0, 0.05) is 11.6 Å². The number of nitrogens with zero attached hydrogens (tertiary/aromatic N) is 1. The van der Waals surface area contributed by atoms with Crippen LogP contribution in [0.25, 0.3) is 10.8 Å². The van der Waals surface area contributed by atoms with Gasteiger partial charge in [0.15, 0.2) is 0 Å². The summed E-state index contributed by atoms with van der Waals surface area (Å²) in [6.07, 6.45) is 0. The zero-order chi connectivity index (χ0) is 13.2. The number of fused-ring (bicyclic) bond motifs is 1. The summed E-state index contributed by atoms with van der Waals surface area (Å²) < 4.78 is 4.96. The van der Waals surface area contributed by atoms with E-state index in [-0.39, 0.29) is 5.91 Å². The summed E-state index contributed by atoms with van der Waals surface area (Å²) in [5.41, 5.74) is 1.32. The lowest BCUT2D eigenvalue weighted by atomic mass is 10.1. The molecule has 0 aliphatic carbocycles. The standard InChI is InChI=1S/C15H12N2O2/c1-10-8-14(19-17-10)16-15(18)13-7-6-11-4-2-3-5-12(11)9-13/h2-9H,1H3,(H,16,18). The van der Waals surface area contributed by atoms with Crippen molar-refractivity contribution in [1.82, 2.24) is 5.16 Å². The summed E-state index contributed by atoms with van der Waals surface area (Å²) in [6, 6.07) is 15.2. The molecule has 0 saturated heterocycles. The first-order chi connectivity index (χ1) is 9.22. The van der Waals surface area contributed by atoms with Crippen LogP contribution in [0.15, 0.2) is 53.1 Å². The largest absolute Gasteiger partial charge is 0.338 e. The fourth-order valence-electron chi connectivity index (χ4n) is 1.94. The van der Waals surface area contributed by atoms with Crippen LogP contribution in [0.4, 0.5) is 5.88 Å². The molecule has 0 aliphatic heterocycles. The Labute approximate surface area is 110 Å². The van der Waals surface area contributed by atoms with E-state index in [1.165, 1.54) is 0 Å². The van der Waals surface area contributed by atoms with Crippen molar-refractivity contribution in [2.24, 2.45) is 0 Å². The Morgan fingerprint density at radius 3 is 2.63 bits per heavy atom. The summed E-state index contributed by atoms with van der Waals surface area (Å²) >= 11 is 0. The number of anilines is 1. The zero-order valence-electron chi connectivity index (χ0n) is 10.4. The number of aromatic nitrogens is 1. The first-order valence-corrected chi connectivity index (χ1v) is 5.96. The summed E-state index contributed by atoms with van der Waals surface area (Å²) in [5, 5.41) is 8.54.